The molecule has 3 heterocycles. The molecule has 0 saturated heterocycles. The van der Waals surface area contributed by atoms with Crippen molar-refractivity contribution in [2.24, 2.45) is 0 Å². The van der Waals surface area contributed by atoms with Gasteiger partial charge >= 0.3 is 5.97 Å². The highest BCUT2D eigenvalue weighted by atomic mass is 35.5. The van der Waals surface area contributed by atoms with Gasteiger partial charge in [0.1, 0.15) is 10.8 Å². The fraction of sp³-hybridized carbons (Fsp3) is 0.455. The molecule has 0 saturated carbocycles. The Morgan fingerprint density at radius 1 is 1.28 bits per heavy atom. The van der Waals surface area contributed by atoms with Gasteiger partial charge in [-0.3, -0.25) is 4.79 Å². The Balaban J connectivity index is 1.43. The first-order valence-corrected chi connectivity index (χ1v) is 11.9. The number of aromatic nitrogens is 4. The van der Waals surface area contributed by atoms with Crippen LogP contribution in [0.4, 0.5) is 0 Å². The van der Waals surface area contributed by atoms with E-state index < -0.39 is 5.97 Å². The average molecular weight is 476 g/mol. The molecule has 1 aromatic carbocycles. The Morgan fingerprint density at radius 2 is 2.09 bits per heavy atom. The van der Waals surface area contributed by atoms with Crippen molar-refractivity contribution in [2.75, 3.05) is 19.6 Å². The van der Waals surface area contributed by atoms with Crippen LogP contribution in [0.2, 0.25) is 5.02 Å². The van der Waals surface area contributed by atoms with Gasteiger partial charge in [0, 0.05) is 37.7 Å². The standard InChI is InChI=1S/C22H26ClN5O3S/c1-14(2)31-19-6-5-15(12-17(19)23)21-24-25-22(32-21)28-13-16-7-10-27(9-3-4-20(29)30)11-8-18(16)26-28/h5-6,12-14H,3-4,7-11H2,1-2H3,(H,29,30). The van der Waals surface area contributed by atoms with Gasteiger partial charge in [0.15, 0.2) is 0 Å². The fourth-order valence-electron chi connectivity index (χ4n) is 3.70. The third-order valence-electron chi connectivity index (χ3n) is 5.26. The molecule has 10 heteroatoms. The van der Waals surface area contributed by atoms with Crippen LogP contribution in [-0.4, -0.2) is 61.7 Å². The number of ether oxygens (including phenoxy) is 1. The lowest BCUT2D eigenvalue weighted by atomic mass is 10.2. The zero-order valence-electron chi connectivity index (χ0n) is 18.1. The normalized spacial score (nSPS) is 14.4. The smallest absolute Gasteiger partial charge is 0.303 e. The second-order valence-corrected chi connectivity index (χ2v) is 9.45. The summed E-state index contributed by atoms with van der Waals surface area (Å²) in [6.07, 6.45) is 4.71. The van der Waals surface area contributed by atoms with E-state index in [2.05, 4.69) is 15.1 Å². The number of rotatable bonds is 8. The Bertz CT molecular complexity index is 1070. The predicted molar refractivity (Wildman–Crippen MR) is 124 cm³/mol. The molecule has 32 heavy (non-hydrogen) atoms. The molecule has 4 rings (SSSR count). The monoisotopic (exact) mass is 475 g/mol. The molecule has 1 aliphatic heterocycles. The van der Waals surface area contributed by atoms with Crippen molar-refractivity contribution in [1.29, 1.82) is 0 Å². The number of carboxylic acids is 1. The van der Waals surface area contributed by atoms with Crippen molar-refractivity contribution in [1.82, 2.24) is 24.9 Å². The fourth-order valence-corrected chi connectivity index (χ4v) is 4.70. The second kappa shape index (κ2) is 9.97. The van der Waals surface area contributed by atoms with E-state index in [4.69, 9.17) is 26.5 Å². The maximum atomic E-state index is 10.7. The third kappa shape index (κ3) is 5.46. The number of hydrogen-bond acceptors (Lipinski definition) is 7. The average Bonchev–Trinajstić information content (AvgIpc) is 3.34. The summed E-state index contributed by atoms with van der Waals surface area (Å²) >= 11 is 7.83. The SMILES string of the molecule is CC(C)Oc1ccc(-c2nnc(-n3cc4c(n3)CCN(CCCC(=O)O)CC4)s2)cc1Cl. The maximum absolute atomic E-state index is 10.7. The van der Waals surface area contributed by atoms with E-state index in [9.17, 15) is 4.79 Å². The van der Waals surface area contributed by atoms with Crippen LogP contribution in [-0.2, 0) is 17.6 Å². The molecule has 0 radical (unpaired) electrons. The molecule has 8 nitrogen and oxygen atoms in total. The quantitative estimate of drug-likeness (QED) is 0.524. The summed E-state index contributed by atoms with van der Waals surface area (Å²) in [7, 11) is 0. The molecule has 0 aliphatic carbocycles. The van der Waals surface area contributed by atoms with Crippen LogP contribution in [0.15, 0.2) is 24.4 Å². The van der Waals surface area contributed by atoms with Gasteiger partial charge in [0.25, 0.3) is 0 Å². The molecule has 0 fully saturated rings. The summed E-state index contributed by atoms with van der Waals surface area (Å²) in [6, 6.07) is 5.64. The highest BCUT2D eigenvalue weighted by Gasteiger charge is 2.19. The lowest BCUT2D eigenvalue weighted by Crippen LogP contribution is -2.28. The number of carbonyl (C=O) groups is 1. The van der Waals surface area contributed by atoms with E-state index in [1.54, 1.807) is 0 Å². The number of nitrogens with zero attached hydrogens (tertiary/aromatic N) is 5. The Labute approximate surface area is 195 Å². The van der Waals surface area contributed by atoms with Crippen LogP contribution < -0.4 is 4.74 Å². The first-order chi connectivity index (χ1) is 15.4. The number of halogens is 1. The lowest BCUT2D eigenvalue weighted by Gasteiger charge is -2.18. The molecule has 1 N–H and O–H groups in total. The lowest BCUT2D eigenvalue weighted by molar-refractivity contribution is -0.137. The largest absolute Gasteiger partial charge is 0.489 e. The summed E-state index contributed by atoms with van der Waals surface area (Å²) in [5, 5.41) is 24.3. The second-order valence-electron chi connectivity index (χ2n) is 8.09. The summed E-state index contributed by atoms with van der Waals surface area (Å²) in [4.78, 5) is 13.0. The van der Waals surface area contributed by atoms with Crippen molar-refractivity contribution >= 4 is 28.9 Å². The minimum atomic E-state index is -0.738. The minimum Gasteiger partial charge on any atom is -0.489 e. The molecular weight excluding hydrogens is 450 g/mol. The molecule has 0 amide bonds. The number of fused-ring (bicyclic) bond motifs is 1. The Hall–Kier alpha value is -2.49. The Kier molecular flexibility index (Phi) is 7.07. The third-order valence-corrected chi connectivity index (χ3v) is 6.51. The summed E-state index contributed by atoms with van der Waals surface area (Å²) in [6.45, 7) is 6.52. The molecule has 1 aliphatic rings. The molecule has 3 aromatic rings. The van der Waals surface area contributed by atoms with Gasteiger partial charge in [-0.2, -0.15) is 5.10 Å². The van der Waals surface area contributed by atoms with E-state index in [-0.39, 0.29) is 12.5 Å². The van der Waals surface area contributed by atoms with Crippen LogP contribution in [0.5, 0.6) is 5.75 Å². The maximum Gasteiger partial charge on any atom is 0.303 e. The van der Waals surface area contributed by atoms with Crippen LogP contribution in [0.3, 0.4) is 0 Å². The molecule has 0 unspecified atom stereocenters. The van der Waals surface area contributed by atoms with Gasteiger partial charge in [-0.15, -0.1) is 10.2 Å². The number of benzene rings is 1. The highest BCUT2D eigenvalue weighted by Crippen LogP contribution is 2.33. The van der Waals surface area contributed by atoms with Crippen molar-refractivity contribution < 1.29 is 14.6 Å². The van der Waals surface area contributed by atoms with E-state index >= 15 is 0 Å². The predicted octanol–water partition coefficient (Wildman–Crippen LogP) is 4.10. The summed E-state index contributed by atoms with van der Waals surface area (Å²) in [5.74, 6) is -0.0825. The van der Waals surface area contributed by atoms with Gasteiger partial charge in [0.05, 0.1) is 16.8 Å². The topological polar surface area (TPSA) is 93.4 Å². The number of hydrogen-bond donors (Lipinski definition) is 1. The molecule has 0 spiro atoms. The molecule has 170 valence electrons. The van der Waals surface area contributed by atoms with Gasteiger partial charge < -0.3 is 14.7 Å². The van der Waals surface area contributed by atoms with Gasteiger partial charge in [0.2, 0.25) is 5.13 Å². The zero-order chi connectivity index (χ0) is 22.7. The van der Waals surface area contributed by atoms with Gasteiger partial charge in [-0.1, -0.05) is 22.9 Å². The molecule has 0 atom stereocenters. The number of carboxylic acid groups (broad SMARTS) is 1. The van der Waals surface area contributed by atoms with Crippen LogP contribution in [0, 0.1) is 0 Å². The van der Waals surface area contributed by atoms with Crippen LogP contribution in [0.1, 0.15) is 37.9 Å². The van der Waals surface area contributed by atoms with Crippen molar-refractivity contribution in [2.45, 2.75) is 45.6 Å². The van der Waals surface area contributed by atoms with Crippen LogP contribution >= 0.6 is 22.9 Å². The van der Waals surface area contributed by atoms with Crippen molar-refractivity contribution in [3.05, 3.63) is 40.7 Å². The Morgan fingerprint density at radius 3 is 2.84 bits per heavy atom. The van der Waals surface area contributed by atoms with E-state index in [0.717, 1.165) is 48.7 Å². The van der Waals surface area contributed by atoms with Crippen molar-refractivity contribution in [3.8, 4) is 21.5 Å². The molecule has 2 aromatic heterocycles. The summed E-state index contributed by atoms with van der Waals surface area (Å²) < 4.78 is 7.51. The molecule has 0 bridgehead atoms. The van der Waals surface area contributed by atoms with E-state index in [0.29, 0.717) is 22.3 Å². The minimum absolute atomic E-state index is 0.0540. The van der Waals surface area contributed by atoms with E-state index in [1.165, 1.54) is 16.9 Å². The molecular formula is C22H26ClN5O3S. The number of aliphatic carboxylic acids is 1. The highest BCUT2D eigenvalue weighted by molar-refractivity contribution is 7.17. The zero-order valence-corrected chi connectivity index (χ0v) is 19.7. The van der Waals surface area contributed by atoms with Crippen molar-refractivity contribution in [3.63, 3.8) is 0 Å². The summed E-state index contributed by atoms with van der Waals surface area (Å²) in [5.41, 5.74) is 3.17. The van der Waals surface area contributed by atoms with Gasteiger partial charge in [-0.25, -0.2) is 4.68 Å². The van der Waals surface area contributed by atoms with Crippen LogP contribution in [0.25, 0.3) is 15.7 Å². The first-order valence-electron chi connectivity index (χ1n) is 10.7. The van der Waals surface area contributed by atoms with E-state index in [1.807, 2.05) is 42.9 Å². The first kappa shape index (κ1) is 22.7. The van der Waals surface area contributed by atoms with Gasteiger partial charge in [-0.05, 0) is 57.0 Å².